The van der Waals surface area contributed by atoms with Crippen molar-refractivity contribution in [3.05, 3.63) is 76.9 Å². The van der Waals surface area contributed by atoms with E-state index in [1.165, 1.54) is 30.5 Å². The first-order valence-electron chi connectivity index (χ1n) is 17.4. The number of carbonyl (C=O) groups excluding carboxylic acids is 2. The van der Waals surface area contributed by atoms with Gasteiger partial charge in [-0.2, -0.15) is 5.10 Å². The summed E-state index contributed by atoms with van der Waals surface area (Å²) in [6.07, 6.45) is 23.8. The second kappa shape index (κ2) is 16.5. The summed E-state index contributed by atoms with van der Waals surface area (Å²) in [6.45, 7) is 0.810. The van der Waals surface area contributed by atoms with Gasteiger partial charge in [0.05, 0.1) is 5.69 Å². The molecule has 2 unspecified atom stereocenters. The van der Waals surface area contributed by atoms with Gasteiger partial charge in [-0.05, 0) is 93.2 Å². The van der Waals surface area contributed by atoms with Crippen LogP contribution < -0.4 is 21.9 Å². The number of amides is 2. The quantitative estimate of drug-likeness (QED) is 0.0904. The summed E-state index contributed by atoms with van der Waals surface area (Å²) in [5, 5.41) is 27.0. The van der Waals surface area contributed by atoms with Crippen molar-refractivity contribution in [2.75, 3.05) is 5.32 Å². The monoisotopic (exact) mass is 625 g/mol. The third kappa shape index (κ3) is 9.27. The highest BCUT2D eigenvalue weighted by Crippen LogP contribution is 2.38. The normalized spacial score (nSPS) is 21.7. The number of carbonyl (C=O) groups is 2. The summed E-state index contributed by atoms with van der Waals surface area (Å²) in [4.78, 5) is 25.2. The van der Waals surface area contributed by atoms with Gasteiger partial charge in [-0.1, -0.05) is 62.8 Å². The smallest absolute Gasteiger partial charge is 0.227 e. The van der Waals surface area contributed by atoms with Crippen LogP contribution in [0.1, 0.15) is 113 Å². The molecule has 46 heavy (non-hydrogen) atoms. The number of aromatic nitrogens is 2. The Bertz CT molecular complexity index is 1470. The molecule has 2 aromatic rings. The van der Waals surface area contributed by atoms with E-state index in [9.17, 15) is 9.59 Å². The van der Waals surface area contributed by atoms with Crippen molar-refractivity contribution in [2.24, 2.45) is 17.6 Å². The highest BCUT2D eigenvalue weighted by Gasteiger charge is 2.29. The lowest BCUT2D eigenvalue weighted by Gasteiger charge is -2.30. The molecule has 1 aromatic heterocycles. The molecule has 246 valence electrons. The lowest BCUT2D eigenvalue weighted by atomic mass is 9.76. The molecule has 2 amide bonds. The molecule has 1 fully saturated rings. The summed E-state index contributed by atoms with van der Waals surface area (Å²) in [7, 11) is 0. The van der Waals surface area contributed by atoms with Crippen LogP contribution in [0.3, 0.4) is 0 Å². The standard InChI is InChI=1S/C37H51N7O2/c38-33-25-29-15-14-26-11-8-9-12-32(26)35(29)43-44(33)24-10-6-4-2-1-3-5-7-13-34(45)41-30-22-18-28(19-23-30)37(46)42-31-20-16-27(17-21-31)36(39)40/h8-9,11-12,16-17,20-21,25-26,28,30,32,38H,1-7,10,13-15,18-19,22-24H2,(H3,39,40)(H,41,45)(H,42,46). The van der Waals surface area contributed by atoms with Gasteiger partial charge < -0.3 is 16.4 Å². The summed E-state index contributed by atoms with van der Waals surface area (Å²) in [6, 6.07) is 9.20. The van der Waals surface area contributed by atoms with E-state index in [2.05, 4.69) is 34.9 Å². The molecular weight excluding hydrogens is 574 g/mol. The Hall–Kier alpha value is -4.01. The number of allylic oxidation sites excluding steroid dienone is 4. The Morgan fingerprint density at radius 1 is 0.891 bits per heavy atom. The van der Waals surface area contributed by atoms with Gasteiger partial charge in [-0.15, -0.1) is 0 Å². The molecule has 3 aliphatic carbocycles. The second-order valence-corrected chi connectivity index (χ2v) is 13.3. The molecule has 0 aliphatic heterocycles. The van der Waals surface area contributed by atoms with Gasteiger partial charge in [0.1, 0.15) is 11.3 Å². The van der Waals surface area contributed by atoms with E-state index in [1.54, 1.807) is 24.3 Å². The molecule has 0 radical (unpaired) electrons. The Morgan fingerprint density at radius 3 is 2.28 bits per heavy atom. The summed E-state index contributed by atoms with van der Waals surface area (Å²) in [5.74, 6) is 1.01. The number of aryl methyl sites for hydroxylation is 2. The maximum atomic E-state index is 12.7. The number of amidine groups is 1. The van der Waals surface area contributed by atoms with E-state index < -0.39 is 0 Å². The predicted molar refractivity (Wildman–Crippen MR) is 182 cm³/mol. The summed E-state index contributed by atoms with van der Waals surface area (Å²) >= 11 is 0. The Kier molecular flexibility index (Phi) is 12.0. The number of rotatable bonds is 15. The van der Waals surface area contributed by atoms with Crippen molar-refractivity contribution < 1.29 is 9.59 Å². The third-order valence-corrected chi connectivity index (χ3v) is 9.91. The van der Waals surface area contributed by atoms with Crippen LogP contribution in [0.15, 0.2) is 54.6 Å². The number of nitrogens with zero attached hydrogens (tertiary/aromatic N) is 2. The maximum absolute atomic E-state index is 12.7. The van der Waals surface area contributed by atoms with E-state index in [0.29, 0.717) is 35.0 Å². The van der Waals surface area contributed by atoms with Crippen LogP contribution in [0, 0.1) is 22.7 Å². The molecule has 1 saturated carbocycles. The van der Waals surface area contributed by atoms with Crippen molar-refractivity contribution in [1.29, 1.82) is 10.8 Å². The van der Waals surface area contributed by atoms with Crippen LogP contribution >= 0.6 is 0 Å². The first-order chi connectivity index (χ1) is 22.4. The largest absolute Gasteiger partial charge is 0.384 e. The van der Waals surface area contributed by atoms with Crippen molar-refractivity contribution in [1.82, 2.24) is 15.1 Å². The zero-order chi connectivity index (χ0) is 32.3. The molecule has 1 aromatic carbocycles. The van der Waals surface area contributed by atoms with Crippen molar-refractivity contribution in [3.63, 3.8) is 0 Å². The van der Waals surface area contributed by atoms with Crippen LogP contribution in [0.5, 0.6) is 0 Å². The minimum Gasteiger partial charge on any atom is -0.384 e. The van der Waals surface area contributed by atoms with Crippen LogP contribution in [0.2, 0.25) is 0 Å². The molecule has 6 N–H and O–H groups in total. The number of hydrogen-bond donors (Lipinski definition) is 5. The SMILES string of the molecule is N=C(N)c1ccc(NC(=O)C2CCC(NC(=O)CCCCCCCCCCn3nc4c(cc3=N)CCC3C=CC=CC43)CC2)cc1. The first-order valence-corrected chi connectivity index (χ1v) is 17.4. The fourth-order valence-electron chi connectivity index (χ4n) is 7.14. The zero-order valence-corrected chi connectivity index (χ0v) is 27.1. The number of benzene rings is 1. The Balaban J connectivity index is 0.878. The average molecular weight is 626 g/mol. The Labute approximate surface area is 273 Å². The number of fused-ring (bicyclic) bond motifs is 3. The molecule has 1 heterocycles. The molecular formula is C37H51N7O2. The lowest BCUT2D eigenvalue weighted by Crippen LogP contribution is -2.39. The van der Waals surface area contributed by atoms with Crippen LogP contribution in [0.25, 0.3) is 0 Å². The van der Waals surface area contributed by atoms with Gasteiger partial charge in [0.15, 0.2) is 0 Å². The number of hydrogen-bond acceptors (Lipinski definition) is 5. The number of unbranched alkanes of at least 4 members (excludes halogenated alkanes) is 7. The average Bonchev–Trinajstić information content (AvgIpc) is 3.06. The topological polar surface area (TPSA) is 150 Å². The molecule has 9 nitrogen and oxygen atoms in total. The minimum absolute atomic E-state index is 0.00701. The minimum atomic E-state index is -0.0466. The van der Waals surface area contributed by atoms with Gasteiger partial charge in [0, 0.05) is 42.1 Å². The van der Waals surface area contributed by atoms with Gasteiger partial charge in [0.25, 0.3) is 0 Å². The van der Waals surface area contributed by atoms with E-state index in [0.717, 1.165) is 77.2 Å². The second-order valence-electron chi connectivity index (χ2n) is 13.3. The maximum Gasteiger partial charge on any atom is 0.227 e. The van der Waals surface area contributed by atoms with E-state index in [-0.39, 0.29) is 29.6 Å². The van der Waals surface area contributed by atoms with Crippen LogP contribution in [-0.2, 0) is 22.6 Å². The molecule has 3 aliphatic rings. The number of nitrogens with two attached hydrogens (primary N) is 1. The van der Waals surface area contributed by atoms with Crippen molar-refractivity contribution >= 4 is 23.3 Å². The molecule has 2 atom stereocenters. The third-order valence-electron chi connectivity index (χ3n) is 9.91. The number of nitrogen functional groups attached to an aromatic ring is 1. The van der Waals surface area contributed by atoms with E-state index in [1.807, 2.05) is 10.7 Å². The predicted octanol–water partition coefficient (Wildman–Crippen LogP) is 6.24. The molecule has 0 spiro atoms. The van der Waals surface area contributed by atoms with Crippen LogP contribution in [0.4, 0.5) is 5.69 Å². The number of anilines is 1. The van der Waals surface area contributed by atoms with Gasteiger partial charge in [-0.3, -0.25) is 20.4 Å². The fraction of sp³-hybridized carbons (Fsp3) is 0.541. The van der Waals surface area contributed by atoms with Gasteiger partial charge in [0.2, 0.25) is 11.8 Å². The first kappa shape index (κ1) is 33.4. The zero-order valence-electron chi connectivity index (χ0n) is 27.1. The molecule has 9 heteroatoms. The molecule has 0 bridgehead atoms. The van der Waals surface area contributed by atoms with Crippen molar-refractivity contribution in [2.45, 2.75) is 115 Å². The molecule has 0 saturated heterocycles. The summed E-state index contributed by atoms with van der Waals surface area (Å²) < 4.78 is 1.90. The van der Waals surface area contributed by atoms with Crippen molar-refractivity contribution in [3.8, 4) is 0 Å². The lowest BCUT2D eigenvalue weighted by molar-refractivity contribution is -0.122. The van der Waals surface area contributed by atoms with Crippen LogP contribution in [-0.4, -0.2) is 33.5 Å². The van der Waals surface area contributed by atoms with E-state index in [4.69, 9.17) is 21.7 Å². The number of nitrogens with one attached hydrogen (secondary N) is 4. The highest BCUT2D eigenvalue weighted by molar-refractivity contribution is 5.96. The summed E-state index contributed by atoms with van der Waals surface area (Å²) in [5.41, 5.74) is 9.78. The Morgan fingerprint density at radius 2 is 1.57 bits per heavy atom. The fourth-order valence-corrected chi connectivity index (χ4v) is 7.14. The highest BCUT2D eigenvalue weighted by atomic mass is 16.2. The van der Waals surface area contributed by atoms with Gasteiger partial charge in [-0.25, -0.2) is 4.68 Å². The van der Waals surface area contributed by atoms with E-state index >= 15 is 0 Å². The van der Waals surface area contributed by atoms with Gasteiger partial charge >= 0.3 is 0 Å². The molecule has 5 rings (SSSR count).